The van der Waals surface area contributed by atoms with Crippen molar-refractivity contribution in [2.75, 3.05) is 6.26 Å². The average molecular weight is 217 g/mol. The van der Waals surface area contributed by atoms with Crippen molar-refractivity contribution < 1.29 is 21.6 Å². The Morgan fingerprint density at radius 3 is 2.36 bits per heavy atom. The largest absolute Gasteiger partial charge is 0.588 e. The van der Waals surface area contributed by atoms with Gasteiger partial charge in [-0.1, -0.05) is 0 Å². The molecule has 7 heteroatoms. The average Bonchev–Trinajstić information content (AvgIpc) is 2.06. The third-order valence-electron chi connectivity index (χ3n) is 1.21. The molecule has 0 aliphatic heterocycles. The van der Waals surface area contributed by atoms with E-state index in [9.17, 15) is 12.8 Å². The Morgan fingerprint density at radius 2 is 1.86 bits per heavy atom. The summed E-state index contributed by atoms with van der Waals surface area (Å²) < 4.78 is 42.3. The molecule has 0 unspecified atom stereocenters. The number of hydrogen-bond donors (Lipinski definition) is 0. The highest BCUT2D eigenvalue weighted by Crippen LogP contribution is 2.10. The van der Waals surface area contributed by atoms with Crippen molar-refractivity contribution in [3.05, 3.63) is 30.1 Å². The van der Waals surface area contributed by atoms with E-state index in [4.69, 9.17) is 4.65 Å². The van der Waals surface area contributed by atoms with Crippen LogP contribution in [0.4, 0.5) is 4.39 Å². The summed E-state index contributed by atoms with van der Waals surface area (Å²) in [5, 5.41) is 0. The van der Waals surface area contributed by atoms with Crippen molar-refractivity contribution in [2.45, 2.75) is 0 Å². The Hall–Kier alpha value is -1.08. The predicted octanol–water partition coefficient (Wildman–Crippen LogP) is 0.715. The van der Waals surface area contributed by atoms with Gasteiger partial charge in [0, 0.05) is 0 Å². The lowest BCUT2D eigenvalue weighted by molar-refractivity contribution is 0.443. The molecule has 0 heterocycles. The van der Waals surface area contributed by atoms with Gasteiger partial charge < -0.3 is 4.65 Å². The fraction of sp³-hybridized carbons (Fsp3) is 0.143. The van der Waals surface area contributed by atoms with Gasteiger partial charge in [0.05, 0.1) is 6.26 Å². The van der Waals surface area contributed by atoms with Crippen LogP contribution in [0.15, 0.2) is 24.3 Å². The van der Waals surface area contributed by atoms with Crippen molar-refractivity contribution in [3.8, 4) is 5.75 Å². The van der Waals surface area contributed by atoms with Crippen molar-refractivity contribution in [1.82, 2.24) is 0 Å². The molecular weight excluding hydrogens is 210 g/mol. The molecule has 0 amide bonds. The Balaban J connectivity index is 2.43. The van der Waals surface area contributed by atoms with Crippen molar-refractivity contribution >= 4 is 17.8 Å². The van der Waals surface area contributed by atoms with E-state index in [1.165, 1.54) is 24.3 Å². The van der Waals surface area contributed by atoms with Crippen LogP contribution in [-0.2, 0) is 14.2 Å². The molecule has 1 aromatic carbocycles. The van der Waals surface area contributed by atoms with Gasteiger partial charge in [-0.05, 0) is 24.3 Å². The Labute approximate surface area is 82.1 Å². The van der Waals surface area contributed by atoms with Gasteiger partial charge in [-0.3, -0.25) is 4.10 Å². The summed E-state index contributed by atoms with van der Waals surface area (Å²) in [5.41, 5.74) is 0. The van der Waals surface area contributed by atoms with Crippen molar-refractivity contribution in [1.29, 1.82) is 0 Å². The highest BCUT2D eigenvalue weighted by molar-refractivity contribution is 7.86. The van der Waals surface area contributed by atoms with Gasteiger partial charge in [-0.2, -0.15) is 0 Å². The van der Waals surface area contributed by atoms with E-state index in [0.29, 0.717) is 7.69 Å². The number of halogens is 1. The maximum atomic E-state index is 12.4. The predicted molar refractivity (Wildman–Crippen MR) is 48.7 cm³/mol. The maximum Gasteiger partial charge on any atom is 0.588 e. The molecule has 1 rings (SSSR count). The second-order valence-corrected chi connectivity index (χ2v) is 4.07. The fourth-order valence-corrected chi connectivity index (χ4v) is 0.842. The van der Waals surface area contributed by atoms with E-state index in [1.807, 2.05) is 0 Å². The van der Waals surface area contributed by atoms with Crippen LogP contribution in [-0.4, -0.2) is 22.4 Å². The van der Waals surface area contributed by atoms with E-state index >= 15 is 0 Å². The van der Waals surface area contributed by atoms with Crippen molar-refractivity contribution in [3.63, 3.8) is 0 Å². The lowest BCUT2D eigenvalue weighted by Crippen LogP contribution is -2.13. The SMILES string of the molecule is CS(=O)(=O)O[B]Oc1ccc(F)cc1. The third-order valence-corrected chi connectivity index (χ3v) is 1.64. The zero-order valence-electron chi connectivity index (χ0n) is 7.31. The first-order valence-electron chi connectivity index (χ1n) is 3.59. The van der Waals surface area contributed by atoms with Crippen LogP contribution in [0.1, 0.15) is 0 Å². The topological polar surface area (TPSA) is 52.6 Å². The molecule has 4 nitrogen and oxygen atoms in total. The number of rotatable bonds is 4. The van der Waals surface area contributed by atoms with Gasteiger partial charge in [-0.15, -0.1) is 0 Å². The molecule has 0 fully saturated rings. The van der Waals surface area contributed by atoms with Crippen LogP contribution < -0.4 is 4.65 Å². The monoisotopic (exact) mass is 217 g/mol. The molecular formula is C7H7BFO4S. The van der Waals surface area contributed by atoms with E-state index in [0.717, 1.165) is 6.26 Å². The lowest BCUT2D eigenvalue weighted by Gasteiger charge is -2.02. The minimum atomic E-state index is -3.56. The molecule has 1 aromatic rings. The van der Waals surface area contributed by atoms with Crippen LogP contribution in [0.2, 0.25) is 0 Å². The second kappa shape index (κ2) is 4.43. The van der Waals surface area contributed by atoms with Crippen LogP contribution >= 0.6 is 0 Å². The summed E-state index contributed by atoms with van der Waals surface area (Å²) in [6.45, 7) is 0. The molecule has 0 aromatic heterocycles. The molecule has 0 aliphatic carbocycles. The lowest BCUT2D eigenvalue weighted by atomic mass is 10.3. The van der Waals surface area contributed by atoms with Gasteiger partial charge in [0.15, 0.2) is 0 Å². The first-order chi connectivity index (χ1) is 6.47. The minimum absolute atomic E-state index is 0.287. The normalized spacial score (nSPS) is 11.0. The van der Waals surface area contributed by atoms with Gasteiger partial charge in [0.2, 0.25) is 0 Å². The minimum Gasteiger partial charge on any atom is -0.537 e. The summed E-state index contributed by atoms with van der Waals surface area (Å²) in [6.07, 6.45) is 0.886. The zero-order chi connectivity index (χ0) is 10.6. The molecule has 0 N–H and O–H groups in total. The van der Waals surface area contributed by atoms with E-state index in [1.54, 1.807) is 0 Å². The zero-order valence-corrected chi connectivity index (χ0v) is 8.12. The summed E-state index contributed by atoms with van der Waals surface area (Å²) in [7, 11) is -2.89. The smallest absolute Gasteiger partial charge is 0.537 e. The van der Waals surface area contributed by atoms with Gasteiger partial charge in [-0.25, -0.2) is 12.8 Å². The van der Waals surface area contributed by atoms with Crippen LogP contribution in [0.3, 0.4) is 0 Å². The summed E-state index contributed by atoms with van der Waals surface area (Å²) in [5.74, 6) is -0.114. The summed E-state index contributed by atoms with van der Waals surface area (Å²) in [6, 6.07) is 5.06. The van der Waals surface area contributed by atoms with Gasteiger partial charge >= 0.3 is 7.69 Å². The molecule has 0 atom stereocenters. The van der Waals surface area contributed by atoms with Crippen LogP contribution in [0.5, 0.6) is 5.75 Å². The molecule has 0 saturated carbocycles. The highest BCUT2D eigenvalue weighted by Gasteiger charge is 2.06. The Bertz CT molecular complexity index is 389. The molecule has 0 aliphatic rings. The standard InChI is InChI=1S/C7H7BFO4S/c1-14(10,11)13-8-12-7-4-2-6(9)3-5-7/h2-5H,1H3. The molecule has 1 radical (unpaired) electrons. The van der Waals surface area contributed by atoms with Crippen molar-refractivity contribution in [2.24, 2.45) is 0 Å². The first kappa shape index (κ1) is 11.0. The quantitative estimate of drug-likeness (QED) is 0.697. The number of hydrogen-bond acceptors (Lipinski definition) is 4. The highest BCUT2D eigenvalue weighted by atomic mass is 32.2. The second-order valence-electron chi connectivity index (χ2n) is 2.47. The third kappa shape index (κ3) is 4.24. The maximum absolute atomic E-state index is 12.4. The van der Waals surface area contributed by atoms with Gasteiger partial charge in [0.1, 0.15) is 11.6 Å². The Kier molecular flexibility index (Phi) is 3.48. The first-order valence-corrected chi connectivity index (χ1v) is 5.41. The van der Waals surface area contributed by atoms with Gasteiger partial charge in [0.25, 0.3) is 10.1 Å². The molecule has 14 heavy (non-hydrogen) atoms. The number of benzene rings is 1. The summed E-state index contributed by atoms with van der Waals surface area (Å²) >= 11 is 0. The summed E-state index contributed by atoms with van der Waals surface area (Å²) in [4.78, 5) is 0. The van der Waals surface area contributed by atoms with E-state index in [2.05, 4.69) is 4.10 Å². The fourth-order valence-electron chi connectivity index (χ4n) is 0.660. The van der Waals surface area contributed by atoms with E-state index < -0.39 is 15.9 Å². The Morgan fingerprint density at radius 1 is 1.29 bits per heavy atom. The molecule has 75 valence electrons. The van der Waals surface area contributed by atoms with Crippen LogP contribution in [0.25, 0.3) is 0 Å². The molecule has 0 saturated heterocycles. The van der Waals surface area contributed by atoms with Crippen LogP contribution in [0, 0.1) is 5.82 Å². The molecule has 0 spiro atoms. The molecule has 0 bridgehead atoms. The van der Waals surface area contributed by atoms with E-state index in [-0.39, 0.29) is 5.75 Å².